The smallest absolute Gasteiger partial charge is 0.407 e. The molecule has 1 atom stereocenters. The normalized spacial score (nSPS) is 15.2. The van der Waals surface area contributed by atoms with Crippen molar-refractivity contribution in [1.29, 1.82) is 0 Å². The highest BCUT2D eigenvalue weighted by Crippen LogP contribution is 2.24. The van der Waals surface area contributed by atoms with E-state index < -0.39 is 35.3 Å². The van der Waals surface area contributed by atoms with Gasteiger partial charge in [0, 0.05) is 31.7 Å². The summed E-state index contributed by atoms with van der Waals surface area (Å²) in [6, 6.07) is 6.44. The topological polar surface area (TPSA) is 130 Å². The minimum Gasteiger partial charge on any atom is -0.494 e. The van der Waals surface area contributed by atoms with Crippen LogP contribution in [0, 0.1) is 11.8 Å². The summed E-state index contributed by atoms with van der Waals surface area (Å²) in [4.78, 5) is 59.5. The number of fused-ring (bicyclic) bond motifs is 1. The van der Waals surface area contributed by atoms with Gasteiger partial charge in [0.2, 0.25) is 5.95 Å². The summed E-state index contributed by atoms with van der Waals surface area (Å²) in [6.45, 7) is 10.2. The number of piperidine rings is 1. The zero-order valence-electron chi connectivity index (χ0n) is 25.0. The number of Topliss-reactive ketones (excluding diaryl/α,β-unsaturated/α-hetero) is 1. The molecule has 1 aliphatic heterocycles. The van der Waals surface area contributed by atoms with Crippen LogP contribution >= 0.6 is 0 Å². The highest BCUT2D eigenvalue weighted by atomic mass is 16.6. The van der Waals surface area contributed by atoms with Gasteiger partial charge in [0.1, 0.15) is 11.4 Å². The number of carbonyl (C=O) groups excluding carboxylic acids is 2. The minimum absolute atomic E-state index is 0.154. The van der Waals surface area contributed by atoms with Gasteiger partial charge < -0.3 is 19.7 Å². The van der Waals surface area contributed by atoms with Gasteiger partial charge in [-0.05, 0) is 59.6 Å². The average molecular weight is 579 g/mol. The first-order valence-electron chi connectivity index (χ1n) is 14.0. The van der Waals surface area contributed by atoms with Crippen LogP contribution in [-0.2, 0) is 24.9 Å². The number of carbonyl (C=O) groups is 2. The monoisotopic (exact) mass is 578 g/mol. The summed E-state index contributed by atoms with van der Waals surface area (Å²) in [5.74, 6) is 6.44. The van der Waals surface area contributed by atoms with Crippen molar-refractivity contribution in [2.75, 3.05) is 24.6 Å². The second-order valence-corrected chi connectivity index (χ2v) is 11.1. The van der Waals surface area contributed by atoms with E-state index in [0.29, 0.717) is 37.0 Å². The van der Waals surface area contributed by atoms with Crippen molar-refractivity contribution in [2.45, 2.75) is 72.2 Å². The number of benzene rings is 1. The molecule has 0 unspecified atom stereocenters. The number of rotatable bonds is 8. The van der Waals surface area contributed by atoms with Crippen molar-refractivity contribution in [2.24, 2.45) is 7.05 Å². The van der Waals surface area contributed by atoms with E-state index in [1.54, 1.807) is 56.5 Å². The van der Waals surface area contributed by atoms with E-state index in [1.165, 1.54) is 11.6 Å². The molecule has 0 aliphatic carbocycles. The van der Waals surface area contributed by atoms with E-state index in [4.69, 9.17) is 14.5 Å². The Morgan fingerprint density at radius 2 is 1.95 bits per heavy atom. The number of anilines is 1. The highest BCUT2D eigenvalue weighted by Gasteiger charge is 2.29. The molecule has 1 N–H and O–H groups in total. The molecule has 1 aromatic carbocycles. The van der Waals surface area contributed by atoms with Gasteiger partial charge in [-0.15, -0.1) is 5.92 Å². The number of hydrogen-bond donors (Lipinski definition) is 1. The lowest BCUT2D eigenvalue weighted by Gasteiger charge is -2.34. The number of ketones is 1. The molecule has 0 bridgehead atoms. The second-order valence-electron chi connectivity index (χ2n) is 11.1. The standard InChI is InChI=1S/C30H38N6O6/c1-7-9-16-35-24-25(32-27(35)34-15-11-13-21(18-34)31-28(39)42-30(3,4)5)33(6)29(40)36(26(24)38)19-23(37)20-12-10-14-22(17-20)41-8-2/h10,12,14,17,21H,8,11,13,15-16,18-19H2,1-6H3,(H,31,39)/t21-/m1/s1. The molecule has 1 saturated heterocycles. The Morgan fingerprint density at radius 3 is 2.64 bits per heavy atom. The molecule has 0 spiro atoms. The van der Waals surface area contributed by atoms with Crippen LogP contribution in [0.4, 0.5) is 10.7 Å². The van der Waals surface area contributed by atoms with Crippen LogP contribution < -0.4 is 26.2 Å². The lowest BCUT2D eigenvalue weighted by atomic mass is 10.1. The number of aromatic nitrogens is 4. The van der Waals surface area contributed by atoms with Crippen LogP contribution in [0.2, 0.25) is 0 Å². The van der Waals surface area contributed by atoms with E-state index in [9.17, 15) is 19.2 Å². The van der Waals surface area contributed by atoms with E-state index in [1.807, 2.05) is 11.8 Å². The fourth-order valence-electron chi connectivity index (χ4n) is 4.96. The number of imidazole rings is 1. The van der Waals surface area contributed by atoms with Gasteiger partial charge in [-0.1, -0.05) is 18.1 Å². The third kappa shape index (κ3) is 6.67. The fourth-order valence-corrected chi connectivity index (χ4v) is 4.96. The molecule has 1 amide bonds. The molecule has 224 valence electrons. The highest BCUT2D eigenvalue weighted by molar-refractivity contribution is 5.96. The molecule has 4 rings (SSSR count). The minimum atomic E-state index is -0.650. The summed E-state index contributed by atoms with van der Waals surface area (Å²) in [7, 11) is 1.52. The lowest BCUT2D eigenvalue weighted by Crippen LogP contribution is -2.49. The Bertz CT molecular complexity index is 1670. The van der Waals surface area contributed by atoms with Crippen molar-refractivity contribution in [3.63, 3.8) is 0 Å². The van der Waals surface area contributed by atoms with E-state index >= 15 is 0 Å². The van der Waals surface area contributed by atoms with Gasteiger partial charge in [0.25, 0.3) is 5.56 Å². The largest absolute Gasteiger partial charge is 0.494 e. The summed E-state index contributed by atoms with van der Waals surface area (Å²) in [6.07, 6.45) is 1.02. The van der Waals surface area contributed by atoms with Crippen molar-refractivity contribution >= 4 is 29.0 Å². The van der Waals surface area contributed by atoms with Crippen LogP contribution in [0.15, 0.2) is 33.9 Å². The number of hydrogen-bond acceptors (Lipinski definition) is 8. The molecular weight excluding hydrogens is 540 g/mol. The Balaban J connectivity index is 1.72. The number of alkyl carbamates (subject to hydrolysis) is 1. The molecule has 42 heavy (non-hydrogen) atoms. The van der Waals surface area contributed by atoms with Crippen molar-refractivity contribution in [1.82, 2.24) is 24.0 Å². The van der Waals surface area contributed by atoms with Crippen LogP contribution in [0.25, 0.3) is 11.2 Å². The van der Waals surface area contributed by atoms with Gasteiger partial charge in [-0.25, -0.2) is 9.59 Å². The quantitative estimate of drug-likeness (QED) is 0.319. The maximum atomic E-state index is 13.8. The summed E-state index contributed by atoms with van der Waals surface area (Å²) < 4.78 is 14.8. The first-order valence-corrected chi connectivity index (χ1v) is 14.0. The van der Waals surface area contributed by atoms with E-state index in [2.05, 4.69) is 17.2 Å². The van der Waals surface area contributed by atoms with Gasteiger partial charge in [0.05, 0.1) is 19.7 Å². The molecule has 12 nitrogen and oxygen atoms in total. The maximum Gasteiger partial charge on any atom is 0.407 e. The number of ether oxygens (including phenoxy) is 2. The molecule has 0 radical (unpaired) electrons. The van der Waals surface area contributed by atoms with E-state index in [-0.39, 0.29) is 23.8 Å². The molecule has 2 aromatic heterocycles. The predicted octanol–water partition coefficient (Wildman–Crippen LogP) is 2.70. The van der Waals surface area contributed by atoms with Crippen LogP contribution in [-0.4, -0.2) is 61.9 Å². The summed E-state index contributed by atoms with van der Waals surface area (Å²) in [5, 5.41) is 2.93. The number of amides is 1. The van der Waals surface area contributed by atoms with Gasteiger partial charge in [-0.2, -0.15) is 4.98 Å². The van der Waals surface area contributed by atoms with Crippen molar-refractivity contribution in [3.8, 4) is 17.6 Å². The Labute approximate surface area is 244 Å². The fraction of sp³-hybridized carbons (Fsp3) is 0.500. The first-order chi connectivity index (χ1) is 19.9. The van der Waals surface area contributed by atoms with Crippen LogP contribution in [0.1, 0.15) is 57.8 Å². The maximum absolute atomic E-state index is 13.8. The molecule has 3 aromatic rings. The predicted molar refractivity (Wildman–Crippen MR) is 159 cm³/mol. The third-order valence-corrected chi connectivity index (χ3v) is 6.82. The average Bonchev–Trinajstić information content (AvgIpc) is 3.32. The van der Waals surface area contributed by atoms with Gasteiger partial charge >= 0.3 is 11.8 Å². The summed E-state index contributed by atoms with van der Waals surface area (Å²) >= 11 is 0. The molecule has 0 saturated carbocycles. The third-order valence-electron chi connectivity index (χ3n) is 6.82. The zero-order valence-corrected chi connectivity index (χ0v) is 25.0. The number of nitrogens with one attached hydrogen (secondary N) is 1. The lowest BCUT2D eigenvalue weighted by molar-refractivity contribution is 0.0499. The van der Waals surface area contributed by atoms with Crippen LogP contribution in [0.3, 0.4) is 0 Å². The Kier molecular flexibility index (Phi) is 9.09. The molecule has 12 heteroatoms. The SMILES string of the molecule is CC#CCn1c(N2CCC[C@@H](NC(=O)OC(C)(C)C)C2)nc2c1c(=O)n(CC(=O)c1cccc(OCC)c1)c(=O)n2C. The number of nitrogens with zero attached hydrogens (tertiary/aromatic N) is 5. The molecular formula is C30H38N6O6. The van der Waals surface area contributed by atoms with Gasteiger partial charge in [0.15, 0.2) is 16.9 Å². The van der Waals surface area contributed by atoms with Crippen LogP contribution in [0.5, 0.6) is 5.75 Å². The zero-order chi connectivity index (χ0) is 30.6. The molecule has 1 aliphatic rings. The first kappa shape index (κ1) is 30.4. The summed E-state index contributed by atoms with van der Waals surface area (Å²) in [5.41, 5.74) is -1.20. The second kappa shape index (κ2) is 12.5. The Morgan fingerprint density at radius 1 is 1.19 bits per heavy atom. The Hall–Kier alpha value is -4.53. The number of aryl methyl sites for hydroxylation is 1. The molecule has 3 heterocycles. The van der Waals surface area contributed by atoms with E-state index in [0.717, 1.165) is 17.4 Å². The van der Waals surface area contributed by atoms with Crippen molar-refractivity contribution in [3.05, 3.63) is 50.7 Å². The van der Waals surface area contributed by atoms with Crippen molar-refractivity contribution < 1.29 is 19.1 Å². The molecule has 1 fully saturated rings. The van der Waals surface area contributed by atoms with Gasteiger partial charge in [-0.3, -0.25) is 23.3 Å².